The fourth-order valence-electron chi connectivity index (χ4n) is 6.38. The number of ether oxygens (including phenoxy) is 7. The molecule has 2 aromatic heterocycles. The molecule has 7 rings (SSSR count). The maximum Gasteiger partial charge on any atom is 0.512 e. The van der Waals surface area contributed by atoms with Crippen LogP contribution in [0, 0.1) is 0 Å². The number of imidazole rings is 1. The van der Waals surface area contributed by atoms with Gasteiger partial charge < -0.3 is 33.2 Å². The van der Waals surface area contributed by atoms with E-state index in [1.54, 1.807) is 22.8 Å². The zero-order chi connectivity index (χ0) is 36.4. The molecule has 1 N–H and O–H groups in total. The highest BCUT2D eigenvalue weighted by molar-refractivity contribution is 6.02. The molecular formula is C36H36N6O10. The number of benzene rings is 3. The molecule has 52 heavy (non-hydrogen) atoms. The summed E-state index contributed by atoms with van der Waals surface area (Å²) in [4.78, 5) is 42.6. The van der Waals surface area contributed by atoms with Gasteiger partial charge in [-0.25, -0.2) is 9.59 Å². The Bertz CT molecular complexity index is 2080. The molecule has 2 saturated heterocycles. The number of tetrazole rings is 1. The van der Waals surface area contributed by atoms with E-state index in [9.17, 15) is 14.4 Å². The quantitative estimate of drug-likeness (QED) is 0.115. The van der Waals surface area contributed by atoms with Crippen molar-refractivity contribution in [1.29, 1.82) is 0 Å². The van der Waals surface area contributed by atoms with Crippen LogP contribution in [0.5, 0.6) is 6.01 Å². The van der Waals surface area contributed by atoms with E-state index >= 15 is 0 Å². The standard InChI is InChI=1S/C36H36N6O10/c1-5-46-34-37-26-12-8-11-25(33(44)51-36(3,4)52-35(45)50-28-19-48-30-27(49-20(2)43)18-47-31(28)30)29(26)42(34)17-21-13-15-22(16-14-21)23-9-6-7-10-24(23)32-38-40-41-39-32/h6-16,27-28,30-31H,5,17-19H2,1-4H3,(H,38,39,40,41)/t27-,28-,30+,31+/m0/s1. The Kier molecular flexibility index (Phi) is 9.57. The van der Waals surface area contributed by atoms with Crippen molar-refractivity contribution < 1.29 is 47.5 Å². The maximum atomic E-state index is 13.7. The molecule has 2 aliphatic rings. The van der Waals surface area contributed by atoms with Crippen molar-refractivity contribution >= 4 is 29.1 Å². The van der Waals surface area contributed by atoms with Gasteiger partial charge in [0.2, 0.25) is 5.82 Å². The van der Waals surface area contributed by atoms with Gasteiger partial charge in [-0.3, -0.25) is 9.36 Å². The molecule has 0 bridgehead atoms. The Morgan fingerprint density at radius 1 is 0.904 bits per heavy atom. The van der Waals surface area contributed by atoms with Crippen LogP contribution in [0.2, 0.25) is 0 Å². The first-order chi connectivity index (χ1) is 25.1. The predicted molar refractivity (Wildman–Crippen MR) is 181 cm³/mol. The molecule has 0 amide bonds. The highest BCUT2D eigenvalue weighted by Crippen LogP contribution is 2.33. The lowest BCUT2D eigenvalue weighted by molar-refractivity contribution is -0.162. The minimum Gasteiger partial charge on any atom is -0.465 e. The largest absolute Gasteiger partial charge is 0.512 e. The Hall–Kier alpha value is -5.87. The van der Waals surface area contributed by atoms with Gasteiger partial charge in [0.05, 0.1) is 43.0 Å². The highest BCUT2D eigenvalue weighted by atomic mass is 16.8. The number of aromatic amines is 1. The zero-order valence-corrected chi connectivity index (χ0v) is 28.8. The summed E-state index contributed by atoms with van der Waals surface area (Å²) in [6, 6.07) is 21.1. The van der Waals surface area contributed by atoms with Crippen LogP contribution < -0.4 is 4.74 Å². The number of fused-ring (bicyclic) bond motifs is 2. The summed E-state index contributed by atoms with van der Waals surface area (Å²) in [5.74, 6) is -2.46. The van der Waals surface area contributed by atoms with Gasteiger partial charge in [-0.2, -0.15) is 10.2 Å². The number of rotatable bonds is 11. The molecule has 16 heteroatoms. The molecule has 0 saturated carbocycles. The second kappa shape index (κ2) is 14.4. The number of H-pyrrole nitrogens is 1. The van der Waals surface area contributed by atoms with Gasteiger partial charge in [-0.15, -0.1) is 10.2 Å². The summed E-state index contributed by atoms with van der Waals surface area (Å²) in [7, 11) is 0. The molecule has 4 atom stereocenters. The fourth-order valence-corrected chi connectivity index (χ4v) is 6.38. The average Bonchev–Trinajstić information content (AvgIpc) is 3.92. The molecule has 3 aromatic carbocycles. The highest BCUT2D eigenvalue weighted by Gasteiger charge is 2.51. The summed E-state index contributed by atoms with van der Waals surface area (Å²) >= 11 is 0. The normalized spacial score (nSPS) is 19.6. The lowest BCUT2D eigenvalue weighted by Gasteiger charge is -2.26. The van der Waals surface area contributed by atoms with Crippen molar-refractivity contribution in [2.24, 2.45) is 0 Å². The molecule has 2 aliphatic heterocycles. The number of nitrogens with zero attached hydrogens (tertiary/aromatic N) is 5. The molecule has 5 aromatic rings. The van der Waals surface area contributed by atoms with Gasteiger partial charge >= 0.3 is 18.1 Å². The van der Waals surface area contributed by atoms with E-state index in [4.69, 9.17) is 33.2 Å². The van der Waals surface area contributed by atoms with Crippen molar-refractivity contribution in [1.82, 2.24) is 30.2 Å². The molecule has 0 radical (unpaired) electrons. The summed E-state index contributed by atoms with van der Waals surface area (Å²) in [6.07, 6.45) is -3.70. The summed E-state index contributed by atoms with van der Waals surface area (Å²) in [6.45, 7) is 6.79. The predicted octanol–water partition coefficient (Wildman–Crippen LogP) is 4.47. The fraction of sp³-hybridized carbons (Fsp3) is 0.361. The number of carbonyl (C=O) groups is 3. The molecular weight excluding hydrogens is 676 g/mol. The Morgan fingerprint density at radius 2 is 1.62 bits per heavy atom. The van der Waals surface area contributed by atoms with E-state index in [1.807, 2.05) is 55.5 Å². The van der Waals surface area contributed by atoms with E-state index in [-0.39, 0.29) is 18.8 Å². The van der Waals surface area contributed by atoms with Crippen molar-refractivity contribution in [3.05, 3.63) is 77.9 Å². The van der Waals surface area contributed by atoms with Crippen molar-refractivity contribution in [2.75, 3.05) is 19.8 Å². The molecule has 270 valence electrons. The molecule has 0 spiro atoms. The van der Waals surface area contributed by atoms with Crippen LogP contribution in [-0.4, -0.2) is 98.3 Å². The van der Waals surface area contributed by atoms with E-state index in [2.05, 4.69) is 25.6 Å². The Morgan fingerprint density at radius 3 is 2.29 bits per heavy atom. The van der Waals surface area contributed by atoms with Crippen LogP contribution in [0.4, 0.5) is 4.79 Å². The minimum absolute atomic E-state index is 0.0207. The summed E-state index contributed by atoms with van der Waals surface area (Å²) in [5.41, 5.74) is 4.84. The lowest BCUT2D eigenvalue weighted by atomic mass is 9.98. The third-order valence-electron chi connectivity index (χ3n) is 8.54. The SMILES string of the molecule is CCOc1nc2cccc(C(=O)OC(C)(C)OC(=O)O[C@H]3CO[C@H]4[C@@H]3OC[C@@H]4OC(C)=O)c2n1Cc1ccc(-c2ccccc2-c2nn[nH]n2)cc1. The Balaban J connectivity index is 1.07. The second-order valence-corrected chi connectivity index (χ2v) is 12.6. The van der Waals surface area contributed by atoms with E-state index < -0.39 is 48.3 Å². The number of aromatic nitrogens is 6. The first-order valence-electron chi connectivity index (χ1n) is 16.7. The van der Waals surface area contributed by atoms with Gasteiger partial charge in [-0.05, 0) is 41.0 Å². The Labute approximate surface area is 297 Å². The second-order valence-electron chi connectivity index (χ2n) is 12.6. The maximum absolute atomic E-state index is 13.7. The summed E-state index contributed by atoms with van der Waals surface area (Å²) < 4.78 is 40.9. The third kappa shape index (κ3) is 7.15. The molecule has 0 aliphatic carbocycles. The van der Waals surface area contributed by atoms with Crippen molar-refractivity contribution in [2.45, 2.75) is 64.4 Å². The van der Waals surface area contributed by atoms with Crippen LogP contribution >= 0.6 is 0 Å². The first-order valence-corrected chi connectivity index (χ1v) is 16.7. The smallest absolute Gasteiger partial charge is 0.465 e. The number of hydrogen-bond donors (Lipinski definition) is 1. The zero-order valence-electron chi connectivity index (χ0n) is 28.8. The number of carbonyl (C=O) groups excluding carboxylic acids is 3. The van der Waals surface area contributed by atoms with E-state index in [0.29, 0.717) is 36.0 Å². The van der Waals surface area contributed by atoms with Crippen molar-refractivity contribution in [3.8, 4) is 28.5 Å². The van der Waals surface area contributed by atoms with Crippen LogP contribution in [0.3, 0.4) is 0 Å². The van der Waals surface area contributed by atoms with Gasteiger partial charge in [0.1, 0.15) is 12.2 Å². The van der Waals surface area contributed by atoms with Gasteiger partial charge in [0.15, 0.2) is 12.2 Å². The number of nitrogens with one attached hydrogen (secondary N) is 1. The van der Waals surface area contributed by atoms with Crippen molar-refractivity contribution in [3.63, 3.8) is 0 Å². The molecule has 16 nitrogen and oxygen atoms in total. The van der Waals surface area contributed by atoms with E-state index in [1.165, 1.54) is 20.8 Å². The monoisotopic (exact) mass is 712 g/mol. The van der Waals surface area contributed by atoms with Gasteiger partial charge in [0, 0.05) is 26.3 Å². The lowest BCUT2D eigenvalue weighted by Crippen LogP contribution is -2.39. The number of esters is 2. The summed E-state index contributed by atoms with van der Waals surface area (Å²) in [5, 5.41) is 14.5. The topological polar surface area (TPSA) is 188 Å². The minimum atomic E-state index is -1.73. The third-order valence-corrected chi connectivity index (χ3v) is 8.54. The number of para-hydroxylation sites is 1. The van der Waals surface area contributed by atoms with Gasteiger partial charge in [-0.1, -0.05) is 54.6 Å². The molecule has 4 heterocycles. The molecule has 2 fully saturated rings. The van der Waals surface area contributed by atoms with E-state index in [0.717, 1.165) is 22.3 Å². The number of hydrogen-bond acceptors (Lipinski definition) is 14. The van der Waals surface area contributed by atoms with Crippen LogP contribution in [0.15, 0.2) is 66.7 Å². The molecule has 0 unspecified atom stereocenters. The average molecular weight is 713 g/mol. The van der Waals surface area contributed by atoms with Crippen LogP contribution in [0.25, 0.3) is 33.5 Å². The first kappa shape index (κ1) is 34.6. The van der Waals surface area contributed by atoms with Crippen LogP contribution in [0.1, 0.15) is 43.6 Å². The van der Waals surface area contributed by atoms with Gasteiger partial charge in [0.25, 0.3) is 11.8 Å². The van der Waals surface area contributed by atoms with Crippen LogP contribution in [-0.2, 0) is 39.8 Å².